The molecule has 0 aliphatic rings. The fraction of sp³-hybridized carbons (Fsp3) is 0.417. The molecule has 2 atom stereocenters. The van der Waals surface area contributed by atoms with Gasteiger partial charge in [-0.1, -0.05) is 18.5 Å². The normalized spacial score (nSPS) is 14.4. The summed E-state index contributed by atoms with van der Waals surface area (Å²) in [6.45, 7) is 3.50. The van der Waals surface area contributed by atoms with Gasteiger partial charge in [-0.25, -0.2) is 4.39 Å². The molecule has 0 heterocycles. The van der Waals surface area contributed by atoms with Gasteiger partial charge in [-0.05, 0) is 25.1 Å². The molecule has 2 unspecified atom stereocenters. The van der Waals surface area contributed by atoms with Crippen LogP contribution >= 0.6 is 11.6 Å². The summed E-state index contributed by atoms with van der Waals surface area (Å²) >= 11 is 5.81. The summed E-state index contributed by atoms with van der Waals surface area (Å²) in [5.74, 6) is -1.79. The number of ether oxygens (including phenoxy) is 1. The molecule has 0 bridgehead atoms. The van der Waals surface area contributed by atoms with Crippen molar-refractivity contribution in [2.45, 2.75) is 20.1 Å². The van der Waals surface area contributed by atoms with E-state index in [-0.39, 0.29) is 17.2 Å². The molecule has 17 heavy (non-hydrogen) atoms. The number of aliphatic hydroxyl groups is 1. The van der Waals surface area contributed by atoms with Crippen LogP contribution in [0.15, 0.2) is 18.2 Å². The minimum absolute atomic E-state index is 0.0536. The lowest BCUT2D eigenvalue weighted by Gasteiger charge is -2.17. The first-order chi connectivity index (χ1) is 7.97. The number of hydrogen-bond donors (Lipinski definition) is 1. The van der Waals surface area contributed by atoms with Gasteiger partial charge in [-0.3, -0.25) is 4.79 Å². The zero-order chi connectivity index (χ0) is 13.0. The Kier molecular flexibility index (Phi) is 5.05. The maximum absolute atomic E-state index is 13.0. The molecular weight excluding hydrogens is 247 g/mol. The van der Waals surface area contributed by atoms with E-state index in [1.54, 1.807) is 6.92 Å². The van der Waals surface area contributed by atoms with E-state index in [0.29, 0.717) is 0 Å². The van der Waals surface area contributed by atoms with Crippen LogP contribution in [0.5, 0.6) is 0 Å². The van der Waals surface area contributed by atoms with Crippen LogP contribution in [-0.4, -0.2) is 23.8 Å². The van der Waals surface area contributed by atoms with E-state index in [9.17, 15) is 14.3 Å². The zero-order valence-corrected chi connectivity index (χ0v) is 10.4. The van der Waals surface area contributed by atoms with Crippen molar-refractivity contribution in [3.63, 3.8) is 0 Å². The molecular formula is C12H14ClFO3. The Morgan fingerprint density at radius 3 is 2.82 bits per heavy atom. The standard InChI is InChI=1S/C12H14ClFO3/c1-3-17-12(16)7(2)11(15)9-6-8(14)4-5-10(9)13/h4-7,12,16H,3H2,1-2H3. The third-order valence-electron chi connectivity index (χ3n) is 2.37. The number of carbonyl (C=O) groups is 1. The number of hydrogen-bond acceptors (Lipinski definition) is 3. The highest BCUT2D eigenvalue weighted by Gasteiger charge is 2.25. The van der Waals surface area contributed by atoms with Crippen molar-refractivity contribution in [3.8, 4) is 0 Å². The Morgan fingerprint density at radius 1 is 1.59 bits per heavy atom. The van der Waals surface area contributed by atoms with E-state index in [1.807, 2.05) is 0 Å². The monoisotopic (exact) mass is 260 g/mol. The van der Waals surface area contributed by atoms with Crippen LogP contribution in [0, 0.1) is 11.7 Å². The predicted molar refractivity (Wildman–Crippen MR) is 62.5 cm³/mol. The van der Waals surface area contributed by atoms with Gasteiger partial charge in [0.25, 0.3) is 0 Å². The molecule has 0 saturated heterocycles. The minimum atomic E-state index is -1.22. The van der Waals surface area contributed by atoms with Crippen LogP contribution in [0.2, 0.25) is 5.02 Å². The van der Waals surface area contributed by atoms with E-state index in [1.165, 1.54) is 19.1 Å². The predicted octanol–water partition coefficient (Wildman–Crippen LogP) is 2.65. The van der Waals surface area contributed by atoms with Crippen LogP contribution in [0.1, 0.15) is 24.2 Å². The lowest BCUT2D eigenvalue weighted by Crippen LogP contribution is -2.28. The average molecular weight is 261 g/mol. The quantitative estimate of drug-likeness (QED) is 0.654. The van der Waals surface area contributed by atoms with Crippen LogP contribution in [0.3, 0.4) is 0 Å². The van der Waals surface area contributed by atoms with Gasteiger partial charge >= 0.3 is 0 Å². The Bertz CT molecular complexity index is 409. The molecule has 94 valence electrons. The second-order valence-electron chi connectivity index (χ2n) is 3.62. The first-order valence-electron chi connectivity index (χ1n) is 5.26. The number of halogens is 2. The highest BCUT2D eigenvalue weighted by atomic mass is 35.5. The topological polar surface area (TPSA) is 46.5 Å². The van der Waals surface area contributed by atoms with Crippen molar-refractivity contribution in [2.75, 3.05) is 6.61 Å². The molecule has 0 radical (unpaired) electrons. The Balaban J connectivity index is 2.92. The van der Waals surface area contributed by atoms with Crippen LogP contribution in [-0.2, 0) is 4.74 Å². The molecule has 0 amide bonds. The van der Waals surface area contributed by atoms with E-state index < -0.39 is 23.8 Å². The number of benzene rings is 1. The number of carbonyl (C=O) groups excluding carboxylic acids is 1. The lowest BCUT2D eigenvalue weighted by molar-refractivity contribution is -0.116. The fourth-order valence-electron chi connectivity index (χ4n) is 1.38. The van der Waals surface area contributed by atoms with Crippen LogP contribution in [0.4, 0.5) is 4.39 Å². The molecule has 1 aromatic carbocycles. The van der Waals surface area contributed by atoms with E-state index in [2.05, 4.69) is 0 Å². The summed E-state index contributed by atoms with van der Waals surface area (Å²) in [5, 5.41) is 9.69. The summed E-state index contributed by atoms with van der Waals surface area (Å²) in [6.07, 6.45) is -1.22. The molecule has 0 fully saturated rings. The summed E-state index contributed by atoms with van der Waals surface area (Å²) in [6, 6.07) is 3.53. The molecule has 0 spiro atoms. The van der Waals surface area contributed by atoms with Crippen LogP contribution < -0.4 is 0 Å². The Hall–Kier alpha value is -0.970. The van der Waals surface area contributed by atoms with Crippen molar-refractivity contribution in [1.82, 2.24) is 0 Å². The smallest absolute Gasteiger partial charge is 0.172 e. The van der Waals surface area contributed by atoms with Gasteiger partial charge in [0, 0.05) is 12.2 Å². The Labute approximate surface area is 104 Å². The number of Topliss-reactive ketones (excluding diaryl/α,β-unsaturated/α-hetero) is 1. The average Bonchev–Trinajstić information content (AvgIpc) is 2.30. The van der Waals surface area contributed by atoms with Crippen molar-refractivity contribution in [1.29, 1.82) is 0 Å². The van der Waals surface area contributed by atoms with Crippen LogP contribution in [0.25, 0.3) is 0 Å². The molecule has 0 saturated carbocycles. The van der Waals surface area contributed by atoms with E-state index in [0.717, 1.165) is 6.07 Å². The van der Waals surface area contributed by atoms with Gasteiger partial charge in [-0.2, -0.15) is 0 Å². The van der Waals surface area contributed by atoms with Gasteiger partial charge < -0.3 is 9.84 Å². The van der Waals surface area contributed by atoms with Crippen molar-refractivity contribution >= 4 is 17.4 Å². The highest BCUT2D eigenvalue weighted by molar-refractivity contribution is 6.34. The highest BCUT2D eigenvalue weighted by Crippen LogP contribution is 2.22. The van der Waals surface area contributed by atoms with Crippen molar-refractivity contribution in [3.05, 3.63) is 34.6 Å². The zero-order valence-electron chi connectivity index (χ0n) is 9.61. The third-order valence-corrected chi connectivity index (χ3v) is 2.70. The van der Waals surface area contributed by atoms with Gasteiger partial charge in [0.15, 0.2) is 12.1 Å². The summed E-state index contributed by atoms with van der Waals surface area (Å²) in [4.78, 5) is 11.9. The number of ketones is 1. The number of rotatable bonds is 5. The van der Waals surface area contributed by atoms with Gasteiger partial charge in [0.2, 0.25) is 0 Å². The third kappa shape index (κ3) is 3.49. The SMILES string of the molecule is CCOC(O)C(C)C(=O)c1cc(F)ccc1Cl. The maximum Gasteiger partial charge on any atom is 0.172 e. The minimum Gasteiger partial charge on any atom is -0.367 e. The number of aliphatic hydroxyl groups excluding tert-OH is 1. The molecule has 5 heteroatoms. The molecule has 0 aliphatic carbocycles. The summed E-state index contributed by atoms with van der Waals surface area (Å²) in [7, 11) is 0. The van der Waals surface area contributed by atoms with Gasteiger partial charge in [0.1, 0.15) is 5.82 Å². The first-order valence-corrected chi connectivity index (χ1v) is 5.64. The fourth-order valence-corrected chi connectivity index (χ4v) is 1.59. The molecule has 0 aromatic heterocycles. The molecule has 3 nitrogen and oxygen atoms in total. The lowest BCUT2D eigenvalue weighted by atomic mass is 9.98. The molecule has 1 N–H and O–H groups in total. The first kappa shape index (κ1) is 14.1. The van der Waals surface area contributed by atoms with Crippen molar-refractivity contribution < 1.29 is 19.0 Å². The second-order valence-corrected chi connectivity index (χ2v) is 4.03. The van der Waals surface area contributed by atoms with Gasteiger partial charge in [-0.15, -0.1) is 0 Å². The Morgan fingerprint density at radius 2 is 2.24 bits per heavy atom. The largest absolute Gasteiger partial charge is 0.367 e. The van der Waals surface area contributed by atoms with E-state index >= 15 is 0 Å². The molecule has 1 rings (SSSR count). The second kappa shape index (κ2) is 6.10. The van der Waals surface area contributed by atoms with Gasteiger partial charge in [0.05, 0.1) is 10.9 Å². The van der Waals surface area contributed by atoms with E-state index in [4.69, 9.17) is 16.3 Å². The van der Waals surface area contributed by atoms with Crippen molar-refractivity contribution in [2.24, 2.45) is 5.92 Å². The molecule has 0 aliphatic heterocycles. The molecule has 1 aromatic rings. The summed E-state index contributed by atoms with van der Waals surface area (Å²) < 4.78 is 17.9. The summed E-state index contributed by atoms with van der Waals surface area (Å²) in [5.41, 5.74) is 0.0536. The maximum atomic E-state index is 13.0.